The molecular formula is C25H28N4O3. The van der Waals surface area contributed by atoms with Crippen molar-refractivity contribution >= 4 is 29.1 Å². The van der Waals surface area contributed by atoms with Gasteiger partial charge in [-0.05, 0) is 69.3 Å². The predicted molar refractivity (Wildman–Crippen MR) is 124 cm³/mol. The number of anilines is 2. The molecule has 7 heteroatoms. The molecule has 2 aliphatic rings. The zero-order valence-corrected chi connectivity index (χ0v) is 18.4. The molecule has 0 spiro atoms. The van der Waals surface area contributed by atoms with E-state index in [9.17, 15) is 14.4 Å². The van der Waals surface area contributed by atoms with E-state index in [2.05, 4.69) is 15.6 Å². The fourth-order valence-corrected chi connectivity index (χ4v) is 4.08. The van der Waals surface area contributed by atoms with Gasteiger partial charge in [0, 0.05) is 17.8 Å². The molecule has 7 nitrogen and oxygen atoms in total. The van der Waals surface area contributed by atoms with Crippen LogP contribution < -0.4 is 15.8 Å². The monoisotopic (exact) mass is 432 g/mol. The van der Waals surface area contributed by atoms with E-state index in [0.29, 0.717) is 29.8 Å². The van der Waals surface area contributed by atoms with Gasteiger partial charge in [-0.15, -0.1) is 0 Å². The third kappa shape index (κ3) is 4.73. The van der Waals surface area contributed by atoms with Gasteiger partial charge < -0.3 is 10.2 Å². The molecule has 4 rings (SSSR count). The number of carbonyl (C=O) groups is 3. The van der Waals surface area contributed by atoms with Crippen molar-refractivity contribution in [2.75, 3.05) is 31.0 Å². The van der Waals surface area contributed by atoms with E-state index < -0.39 is 0 Å². The Balaban J connectivity index is 1.45. The molecule has 2 aromatic carbocycles. The third-order valence-corrected chi connectivity index (χ3v) is 5.95. The summed E-state index contributed by atoms with van der Waals surface area (Å²) >= 11 is 0. The molecule has 2 aromatic rings. The highest BCUT2D eigenvalue weighted by atomic mass is 16.2. The molecule has 0 radical (unpaired) electrons. The number of nitrogens with zero attached hydrogens (tertiary/aromatic N) is 2. The maximum atomic E-state index is 13.0. The summed E-state index contributed by atoms with van der Waals surface area (Å²) in [7, 11) is 4.08. The topological polar surface area (TPSA) is 81.8 Å². The molecule has 0 saturated carbocycles. The molecule has 1 heterocycles. The number of hydrogen-bond acceptors (Lipinski definition) is 4. The first-order chi connectivity index (χ1) is 15.4. The number of likely N-dealkylation sites (N-methyl/N-ethyl adjacent to an activating group) is 1. The molecule has 1 aliphatic heterocycles. The van der Waals surface area contributed by atoms with Crippen LogP contribution in [0.15, 0.2) is 60.7 Å². The molecule has 3 amide bonds. The minimum Gasteiger partial charge on any atom is -0.322 e. The Labute approximate surface area is 188 Å². The normalized spacial score (nSPS) is 20.2. The lowest BCUT2D eigenvalue weighted by molar-refractivity contribution is -0.139. The van der Waals surface area contributed by atoms with E-state index in [0.717, 1.165) is 13.0 Å². The SMILES string of the molecule is CN(C)CCc1ccc(NC(=O)c2cccc(N3NC(=O)C4CC=CCC4C3=O)c2)cc1. The first-order valence-corrected chi connectivity index (χ1v) is 10.9. The highest BCUT2D eigenvalue weighted by Gasteiger charge is 2.42. The second kappa shape index (κ2) is 9.36. The van der Waals surface area contributed by atoms with E-state index in [1.54, 1.807) is 24.3 Å². The number of hydrogen-bond donors (Lipinski definition) is 2. The van der Waals surface area contributed by atoms with Crippen molar-refractivity contribution in [2.24, 2.45) is 11.8 Å². The summed E-state index contributed by atoms with van der Waals surface area (Å²) in [5, 5.41) is 4.17. The van der Waals surface area contributed by atoms with Crippen molar-refractivity contribution in [2.45, 2.75) is 19.3 Å². The van der Waals surface area contributed by atoms with Crippen LogP contribution in [0, 0.1) is 11.8 Å². The van der Waals surface area contributed by atoms with Gasteiger partial charge in [-0.3, -0.25) is 19.8 Å². The van der Waals surface area contributed by atoms with E-state index in [4.69, 9.17) is 0 Å². The van der Waals surface area contributed by atoms with Crippen molar-refractivity contribution in [3.63, 3.8) is 0 Å². The molecule has 166 valence electrons. The smallest absolute Gasteiger partial charge is 0.255 e. The zero-order valence-electron chi connectivity index (χ0n) is 18.4. The third-order valence-electron chi connectivity index (χ3n) is 5.95. The molecule has 2 unspecified atom stereocenters. The summed E-state index contributed by atoms with van der Waals surface area (Å²) in [6, 6.07) is 14.5. The molecule has 2 atom stereocenters. The zero-order chi connectivity index (χ0) is 22.7. The van der Waals surface area contributed by atoms with Crippen LogP contribution in [0.2, 0.25) is 0 Å². The highest BCUT2D eigenvalue weighted by molar-refractivity contribution is 6.07. The highest BCUT2D eigenvalue weighted by Crippen LogP contribution is 2.32. The average molecular weight is 433 g/mol. The Morgan fingerprint density at radius 3 is 2.50 bits per heavy atom. The van der Waals surface area contributed by atoms with Crippen molar-refractivity contribution < 1.29 is 14.4 Å². The number of rotatable bonds is 6. The van der Waals surface area contributed by atoms with Crippen LogP contribution in [-0.4, -0.2) is 43.3 Å². The van der Waals surface area contributed by atoms with Gasteiger partial charge in [-0.2, -0.15) is 0 Å². The van der Waals surface area contributed by atoms with Gasteiger partial charge in [0.05, 0.1) is 17.5 Å². The van der Waals surface area contributed by atoms with Gasteiger partial charge in [-0.1, -0.05) is 30.4 Å². The first kappa shape index (κ1) is 21.8. The van der Waals surface area contributed by atoms with Gasteiger partial charge >= 0.3 is 0 Å². The maximum Gasteiger partial charge on any atom is 0.255 e. The number of benzene rings is 2. The summed E-state index contributed by atoms with van der Waals surface area (Å²) in [5.41, 5.74) is 5.49. The largest absolute Gasteiger partial charge is 0.322 e. The number of carbonyl (C=O) groups excluding carboxylic acids is 3. The molecule has 0 bridgehead atoms. The number of nitrogens with one attached hydrogen (secondary N) is 2. The van der Waals surface area contributed by atoms with E-state index in [1.807, 2.05) is 50.5 Å². The number of allylic oxidation sites excluding steroid dienone is 2. The minimum absolute atomic E-state index is 0.148. The lowest BCUT2D eigenvalue weighted by atomic mass is 9.80. The van der Waals surface area contributed by atoms with Gasteiger partial charge in [0.1, 0.15) is 0 Å². The predicted octanol–water partition coefficient (Wildman–Crippen LogP) is 3.00. The quantitative estimate of drug-likeness (QED) is 0.688. The molecule has 32 heavy (non-hydrogen) atoms. The van der Waals surface area contributed by atoms with Crippen LogP contribution in [0.1, 0.15) is 28.8 Å². The summed E-state index contributed by atoms with van der Waals surface area (Å²) < 4.78 is 0. The van der Waals surface area contributed by atoms with E-state index in [1.165, 1.54) is 10.6 Å². The van der Waals surface area contributed by atoms with Crippen LogP contribution in [0.5, 0.6) is 0 Å². The van der Waals surface area contributed by atoms with Crippen LogP contribution in [0.25, 0.3) is 0 Å². The molecule has 1 aliphatic carbocycles. The van der Waals surface area contributed by atoms with E-state index >= 15 is 0 Å². The molecular weight excluding hydrogens is 404 g/mol. The summed E-state index contributed by atoms with van der Waals surface area (Å²) in [6.07, 6.45) is 5.97. The number of hydrazine groups is 1. The standard InChI is InChI=1S/C25H28N4O3/c1-28(2)15-14-17-10-12-19(13-11-17)26-23(30)18-6-5-7-20(16-18)29-25(32)22-9-4-3-8-21(22)24(31)27-29/h3-7,10-13,16,21-22H,8-9,14-15H2,1-2H3,(H,26,30)(H,27,31). The second-order valence-corrected chi connectivity index (χ2v) is 8.56. The van der Waals surface area contributed by atoms with Crippen molar-refractivity contribution in [3.8, 4) is 0 Å². The summed E-state index contributed by atoms with van der Waals surface area (Å²) in [4.78, 5) is 40.4. The first-order valence-electron chi connectivity index (χ1n) is 10.9. The second-order valence-electron chi connectivity index (χ2n) is 8.56. The fraction of sp³-hybridized carbons (Fsp3) is 0.320. The Morgan fingerprint density at radius 2 is 1.78 bits per heavy atom. The van der Waals surface area contributed by atoms with Gasteiger partial charge in [0.2, 0.25) is 11.8 Å². The maximum absolute atomic E-state index is 13.0. The Bertz CT molecular complexity index is 1050. The van der Waals surface area contributed by atoms with Crippen LogP contribution in [0.4, 0.5) is 11.4 Å². The summed E-state index contributed by atoms with van der Waals surface area (Å²) in [5.74, 6) is -1.27. The number of amides is 3. The Morgan fingerprint density at radius 1 is 1.06 bits per heavy atom. The van der Waals surface area contributed by atoms with Gasteiger partial charge in [0.15, 0.2) is 0 Å². The fourth-order valence-electron chi connectivity index (χ4n) is 4.08. The minimum atomic E-state index is -0.364. The van der Waals surface area contributed by atoms with E-state index in [-0.39, 0.29) is 29.6 Å². The lowest BCUT2D eigenvalue weighted by Crippen LogP contribution is -2.59. The Hall–Kier alpha value is -3.45. The van der Waals surface area contributed by atoms with Crippen molar-refractivity contribution in [3.05, 3.63) is 71.8 Å². The van der Waals surface area contributed by atoms with Crippen LogP contribution in [-0.2, 0) is 16.0 Å². The molecule has 1 fully saturated rings. The summed E-state index contributed by atoms with van der Waals surface area (Å²) in [6.45, 7) is 0.960. The Kier molecular flexibility index (Phi) is 6.37. The van der Waals surface area contributed by atoms with Crippen LogP contribution in [0.3, 0.4) is 0 Å². The van der Waals surface area contributed by atoms with Crippen molar-refractivity contribution in [1.29, 1.82) is 0 Å². The molecule has 1 saturated heterocycles. The van der Waals surface area contributed by atoms with Crippen molar-refractivity contribution in [1.82, 2.24) is 10.3 Å². The number of fused-ring (bicyclic) bond motifs is 1. The lowest BCUT2D eigenvalue weighted by Gasteiger charge is -2.38. The van der Waals surface area contributed by atoms with Gasteiger partial charge in [-0.25, -0.2) is 5.01 Å². The van der Waals surface area contributed by atoms with Crippen LogP contribution >= 0.6 is 0 Å². The van der Waals surface area contributed by atoms with Gasteiger partial charge in [0.25, 0.3) is 5.91 Å². The average Bonchev–Trinajstić information content (AvgIpc) is 2.81. The molecule has 0 aromatic heterocycles. The molecule has 2 N–H and O–H groups in total.